The van der Waals surface area contributed by atoms with E-state index < -0.39 is 0 Å². The van der Waals surface area contributed by atoms with Crippen LogP contribution < -0.4 is 5.32 Å². The number of rotatable bonds is 3. The van der Waals surface area contributed by atoms with E-state index in [1.807, 2.05) is 25.4 Å². The summed E-state index contributed by atoms with van der Waals surface area (Å²) in [5.74, 6) is 0. The Bertz CT molecular complexity index is 491. The molecular weight excluding hydrogens is 218 g/mol. The van der Waals surface area contributed by atoms with Gasteiger partial charge in [-0.25, -0.2) is 4.98 Å². The Morgan fingerprint density at radius 3 is 2.75 bits per heavy atom. The van der Waals surface area contributed by atoms with E-state index in [-0.39, 0.29) is 0 Å². The Kier molecular flexibility index (Phi) is 3.19. The van der Waals surface area contributed by atoms with Crippen molar-refractivity contribution in [3.63, 3.8) is 0 Å². The summed E-state index contributed by atoms with van der Waals surface area (Å²) in [6, 6.07) is 2.01. The number of thiazole rings is 1. The first-order chi connectivity index (χ1) is 7.66. The van der Waals surface area contributed by atoms with Crippen LogP contribution in [0.25, 0.3) is 0 Å². The van der Waals surface area contributed by atoms with Gasteiger partial charge in [0, 0.05) is 11.1 Å². The van der Waals surface area contributed by atoms with Crippen LogP contribution in [0.1, 0.15) is 21.1 Å². The quantitative estimate of drug-likeness (QED) is 0.885. The summed E-state index contributed by atoms with van der Waals surface area (Å²) < 4.78 is 0. The molecule has 3 nitrogen and oxygen atoms in total. The van der Waals surface area contributed by atoms with Gasteiger partial charge in [-0.1, -0.05) is 0 Å². The van der Waals surface area contributed by atoms with Crippen LogP contribution in [-0.2, 0) is 6.54 Å². The van der Waals surface area contributed by atoms with Crippen molar-refractivity contribution in [3.8, 4) is 0 Å². The standard InChI is InChI=1S/C12H15N3S/c1-8-4-5-13-6-11(8)14-7-12-9(2)15-10(3)16-12/h4-6,14H,7H2,1-3H3. The molecule has 0 saturated carbocycles. The van der Waals surface area contributed by atoms with Gasteiger partial charge in [-0.15, -0.1) is 11.3 Å². The molecule has 0 saturated heterocycles. The first kappa shape index (κ1) is 11.1. The molecule has 0 aliphatic carbocycles. The van der Waals surface area contributed by atoms with E-state index in [0.29, 0.717) is 0 Å². The van der Waals surface area contributed by atoms with E-state index in [1.165, 1.54) is 10.4 Å². The highest BCUT2D eigenvalue weighted by atomic mass is 32.1. The molecule has 84 valence electrons. The number of hydrogen-bond donors (Lipinski definition) is 1. The molecule has 0 radical (unpaired) electrons. The normalized spacial score (nSPS) is 10.4. The predicted molar refractivity (Wildman–Crippen MR) is 67.9 cm³/mol. The van der Waals surface area contributed by atoms with Crippen LogP contribution in [-0.4, -0.2) is 9.97 Å². The zero-order chi connectivity index (χ0) is 11.5. The zero-order valence-corrected chi connectivity index (χ0v) is 10.6. The van der Waals surface area contributed by atoms with Gasteiger partial charge in [-0.2, -0.15) is 0 Å². The third kappa shape index (κ3) is 2.39. The lowest BCUT2D eigenvalue weighted by Gasteiger charge is -2.07. The SMILES string of the molecule is Cc1nc(C)c(CNc2cnccc2C)s1. The molecule has 0 aliphatic rings. The van der Waals surface area contributed by atoms with E-state index in [2.05, 4.69) is 29.1 Å². The molecule has 2 aromatic heterocycles. The van der Waals surface area contributed by atoms with Gasteiger partial charge in [0.25, 0.3) is 0 Å². The van der Waals surface area contributed by atoms with Crippen LogP contribution in [0, 0.1) is 20.8 Å². The number of anilines is 1. The van der Waals surface area contributed by atoms with E-state index >= 15 is 0 Å². The second-order valence-electron chi connectivity index (χ2n) is 3.79. The van der Waals surface area contributed by atoms with Crippen LogP contribution in [0.3, 0.4) is 0 Å². The summed E-state index contributed by atoms with van der Waals surface area (Å²) in [7, 11) is 0. The minimum Gasteiger partial charge on any atom is -0.379 e. The fraction of sp³-hybridized carbons (Fsp3) is 0.333. The van der Waals surface area contributed by atoms with E-state index in [4.69, 9.17) is 0 Å². The molecule has 0 fully saturated rings. The topological polar surface area (TPSA) is 37.8 Å². The molecule has 16 heavy (non-hydrogen) atoms. The molecule has 1 N–H and O–H groups in total. The smallest absolute Gasteiger partial charge is 0.0900 e. The third-order valence-corrected chi connectivity index (χ3v) is 3.55. The van der Waals surface area contributed by atoms with Gasteiger partial charge in [-0.3, -0.25) is 4.98 Å². The van der Waals surface area contributed by atoms with Crippen LogP contribution in [0.15, 0.2) is 18.5 Å². The van der Waals surface area contributed by atoms with Crippen molar-refractivity contribution in [1.82, 2.24) is 9.97 Å². The van der Waals surface area contributed by atoms with Gasteiger partial charge in [0.05, 0.1) is 29.1 Å². The highest BCUT2D eigenvalue weighted by Crippen LogP contribution is 2.19. The van der Waals surface area contributed by atoms with Crippen molar-refractivity contribution in [2.45, 2.75) is 27.3 Å². The van der Waals surface area contributed by atoms with E-state index in [9.17, 15) is 0 Å². The van der Waals surface area contributed by atoms with Crippen molar-refractivity contribution in [3.05, 3.63) is 39.6 Å². The summed E-state index contributed by atoms with van der Waals surface area (Å²) in [6.07, 6.45) is 3.67. The molecule has 4 heteroatoms. The molecule has 0 aliphatic heterocycles. The van der Waals surface area contributed by atoms with Crippen molar-refractivity contribution in [1.29, 1.82) is 0 Å². The lowest BCUT2D eigenvalue weighted by Crippen LogP contribution is -2.01. The maximum Gasteiger partial charge on any atom is 0.0900 e. The first-order valence-electron chi connectivity index (χ1n) is 5.24. The van der Waals surface area contributed by atoms with Gasteiger partial charge < -0.3 is 5.32 Å². The molecule has 2 heterocycles. The summed E-state index contributed by atoms with van der Waals surface area (Å²) in [5, 5.41) is 4.51. The molecule has 2 aromatic rings. The fourth-order valence-corrected chi connectivity index (χ4v) is 2.44. The number of nitrogens with zero attached hydrogens (tertiary/aromatic N) is 2. The zero-order valence-electron chi connectivity index (χ0n) is 9.74. The van der Waals surface area contributed by atoms with Crippen molar-refractivity contribution in [2.24, 2.45) is 0 Å². The Labute approximate surface area is 99.6 Å². The second-order valence-corrected chi connectivity index (χ2v) is 5.07. The molecule has 0 bridgehead atoms. The van der Waals surface area contributed by atoms with E-state index in [1.54, 1.807) is 11.3 Å². The summed E-state index contributed by atoms with van der Waals surface area (Å²) in [5.41, 5.74) is 3.43. The molecule has 0 atom stereocenters. The highest BCUT2D eigenvalue weighted by Gasteiger charge is 2.04. The molecule has 0 amide bonds. The number of aromatic nitrogens is 2. The molecule has 0 aromatic carbocycles. The van der Waals surface area contributed by atoms with Gasteiger partial charge in [0.2, 0.25) is 0 Å². The van der Waals surface area contributed by atoms with Gasteiger partial charge in [-0.05, 0) is 32.4 Å². The van der Waals surface area contributed by atoms with Crippen LogP contribution in [0.4, 0.5) is 5.69 Å². The Morgan fingerprint density at radius 1 is 1.31 bits per heavy atom. The Hall–Kier alpha value is -1.42. The largest absolute Gasteiger partial charge is 0.379 e. The maximum absolute atomic E-state index is 4.41. The highest BCUT2D eigenvalue weighted by molar-refractivity contribution is 7.11. The van der Waals surface area contributed by atoms with Crippen molar-refractivity contribution >= 4 is 17.0 Å². The minimum absolute atomic E-state index is 0.823. The van der Waals surface area contributed by atoms with Crippen LogP contribution >= 0.6 is 11.3 Å². The van der Waals surface area contributed by atoms with E-state index in [0.717, 1.165) is 22.9 Å². The Balaban J connectivity index is 2.08. The van der Waals surface area contributed by atoms with Gasteiger partial charge in [0.1, 0.15) is 0 Å². The summed E-state index contributed by atoms with van der Waals surface area (Å²) >= 11 is 1.75. The van der Waals surface area contributed by atoms with Gasteiger partial charge in [0.15, 0.2) is 0 Å². The number of pyridine rings is 1. The van der Waals surface area contributed by atoms with Crippen molar-refractivity contribution in [2.75, 3.05) is 5.32 Å². The molecule has 0 unspecified atom stereocenters. The molecular formula is C12H15N3S. The maximum atomic E-state index is 4.41. The second kappa shape index (κ2) is 4.61. The lowest BCUT2D eigenvalue weighted by molar-refractivity contribution is 1.10. The van der Waals surface area contributed by atoms with Crippen LogP contribution in [0.5, 0.6) is 0 Å². The summed E-state index contributed by atoms with van der Waals surface area (Å²) in [6.45, 7) is 6.99. The first-order valence-corrected chi connectivity index (χ1v) is 6.06. The fourth-order valence-electron chi connectivity index (χ4n) is 1.56. The minimum atomic E-state index is 0.823. The number of aryl methyl sites for hydroxylation is 3. The molecule has 2 rings (SSSR count). The van der Waals surface area contributed by atoms with Crippen LogP contribution in [0.2, 0.25) is 0 Å². The monoisotopic (exact) mass is 233 g/mol. The van der Waals surface area contributed by atoms with Gasteiger partial charge >= 0.3 is 0 Å². The third-order valence-electron chi connectivity index (χ3n) is 2.48. The molecule has 0 spiro atoms. The summed E-state index contributed by atoms with van der Waals surface area (Å²) in [4.78, 5) is 9.81. The average Bonchev–Trinajstić information content (AvgIpc) is 2.56. The van der Waals surface area contributed by atoms with Crippen molar-refractivity contribution < 1.29 is 0 Å². The average molecular weight is 233 g/mol. The lowest BCUT2D eigenvalue weighted by atomic mass is 10.2. The predicted octanol–water partition coefficient (Wildman–Crippen LogP) is 3.08. The number of nitrogens with one attached hydrogen (secondary N) is 1. The Morgan fingerprint density at radius 2 is 2.12 bits per heavy atom. The number of hydrogen-bond acceptors (Lipinski definition) is 4.